The van der Waals surface area contributed by atoms with E-state index in [1.54, 1.807) is 0 Å². The van der Waals surface area contributed by atoms with E-state index in [1.165, 1.54) is 45.3 Å². The highest BCUT2D eigenvalue weighted by molar-refractivity contribution is 14.0. The molecular formula is C18H37IN4O. The summed E-state index contributed by atoms with van der Waals surface area (Å²) in [7, 11) is 2.11. The standard InChI is InChI=1S/C18H36N4O.HI/c1-4-19-18(21(3)11-12-23-15-16-8-9-16)20-13-17-7-6-10-22(5-2)14-17;/h16-17H,4-15H2,1-3H3,(H,19,20);1H. The predicted molar refractivity (Wildman–Crippen MR) is 112 cm³/mol. The molecule has 0 spiro atoms. The Hall–Kier alpha value is -0.0800. The Morgan fingerprint density at radius 3 is 2.71 bits per heavy atom. The van der Waals surface area contributed by atoms with Crippen molar-refractivity contribution in [3.8, 4) is 0 Å². The molecule has 1 unspecified atom stereocenters. The number of likely N-dealkylation sites (tertiary alicyclic amines) is 1. The van der Waals surface area contributed by atoms with Crippen LogP contribution in [0.15, 0.2) is 4.99 Å². The van der Waals surface area contributed by atoms with Crippen molar-refractivity contribution in [3.05, 3.63) is 0 Å². The average molecular weight is 452 g/mol. The predicted octanol–water partition coefficient (Wildman–Crippen LogP) is 2.66. The maximum Gasteiger partial charge on any atom is 0.193 e. The summed E-state index contributed by atoms with van der Waals surface area (Å²) in [5, 5.41) is 3.42. The summed E-state index contributed by atoms with van der Waals surface area (Å²) in [6, 6.07) is 0. The zero-order chi connectivity index (χ0) is 16.5. The van der Waals surface area contributed by atoms with Crippen molar-refractivity contribution in [1.29, 1.82) is 0 Å². The van der Waals surface area contributed by atoms with Crippen molar-refractivity contribution in [1.82, 2.24) is 15.1 Å². The lowest BCUT2D eigenvalue weighted by Gasteiger charge is -2.31. The van der Waals surface area contributed by atoms with Crippen molar-refractivity contribution in [2.24, 2.45) is 16.8 Å². The van der Waals surface area contributed by atoms with Crippen molar-refractivity contribution >= 4 is 29.9 Å². The Kier molecular flexibility index (Phi) is 11.3. The van der Waals surface area contributed by atoms with Gasteiger partial charge in [-0.3, -0.25) is 4.99 Å². The molecule has 0 aromatic heterocycles. The number of nitrogens with one attached hydrogen (secondary N) is 1. The van der Waals surface area contributed by atoms with Crippen LogP contribution in [0.2, 0.25) is 0 Å². The van der Waals surface area contributed by atoms with Gasteiger partial charge in [0.05, 0.1) is 6.61 Å². The van der Waals surface area contributed by atoms with E-state index in [0.29, 0.717) is 5.92 Å². The first-order valence-electron chi connectivity index (χ1n) is 9.52. The molecule has 1 saturated carbocycles. The quantitative estimate of drug-likeness (QED) is 0.253. The molecule has 2 fully saturated rings. The maximum absolute atomic E-state index is 5.75. The Morgan fingerprint density at radius 2 is 2.04 bits per heavy atom. The van der Waals surface area contributed by atoms with Gasteiger partial charge in [-0.25, -0.2) is 0 Å². The van der Waals surface area contributed by atoms with Gasteiger partial charge in [0.15, 0.2) is 5.96 Å². The van der Waals surface area contributed by atoms with Gasteiger partial charge in [0.2, 0.25) is 0 Å². The number of nitrogens with zero attached hydrogens (tertiary/aromatic N) is 3. The fraction of sp³-hybridized carbons (Fsp3) is 0.944. The lowest BCUT2D eigenvalue weighted by molar-refractivity contribution is 0.115. The highest BCUT2D eigenvalue weighted by atomic mass is 127. The SMILES string of the molecule is CCNC(=NCC1CCCN(CC)C1)N(C)CCOCC1CC1.I. The minimum atomic E-state index is 0. The molecule has 0 aromatic rings. The molecule has 1 saturated heterocycles. The Bertz CT molecular complexity index is 363. The van der Waals surface area contributed by atoms with Crippen LogP contribution < -0.4 is 5.32 Å². The topological polar surface area (TPSA) is 40.1 Å². The number of hydrogen-bond acceptors (Lipinski definition) is 3. The van der Waals surface area contributed by atoms with Crippen LogP contribution in [0.5, 0.6) is 0 Å². The van der Waals surface area contributed by atoms with Crippen LogP contribution in [0, 0.1) is 11.8 Å². The molecule has 2 rings (SSSR count). The van der Waals surface area contributed by atoms with Crippen molar-refractivity contribution in [2.45, 2.75) is 39.5 Å². The molecule has 24 heavy (non-hydrogen) atoms. The van der Waals surface area contributed by atoms with Gasteiger partial charge in [0.1, 0.15) is 0 Å². The highest BCUT2D eigenvalue weighted by Gasteiger charge is 2.21. The van der Waals surface area contributed by atoms with Crippen LogP contribution in [0.1, 0.15) is 39.5 Å². The van der Waals surface area contributed by atoms with E-state index in [-0.39, 0.29) is 24.0 Å². The molecule has 0 radical (unpaired) electrons. The largest absolute Gasteiger partial charge is 0.379 e. The van der Waals surface area contributed by atoms with Gasteiger partial charge in [-0.05, 0) is 57.5 Å². The smallest absolute Gasteiger partial charge is 0.193 e. The molecule has 5 nitrogen and oxygen atoms in total. The zero-order valence-electron chi connectivity index (χ0n) is 15.8. The number of ether oxygens (including phenoxy) is 1. The summed E-state index contributed by atoms with van der Waals surface area (Å²) >= 11 is 0. The average Bonchev–Trinajstić information content (AvgIpc) is 3.39. The molecule has 1 heterocycles. The summed E-state index contributed by atoms with van der Waals surface area (Å²) in [6.45, 7) is 12.5. The fourth-order valence-corrected chi connectivity index (χ4v) is 3.11. The highest BCUT2D eigenvalue weighted by Crippen LogP contribution is 2.28. The number of likely N-dealkylation sites (N-methyl/N-ethyl adjacent to an activating group) is 1. The third-order valence-electron chi connectivity index (χ3n) is 4.87. The van der Waals surface area contributed by atoms with E-state index < -0.39 is 0 Å². The summed E-state index contributed by atoms with van der Waals surface area (Å²) in [5.41, 5.74) is 0. The van der Waals surface area contributed by atoms with Gasteiger partial charge in [-0.2, -0.15) is 0 Å². The lowest BCUT2D eigenvalue weighted by atomic mass is 9.98. The van der Waals surface area contributed by atoms with Crippen LogP contribution in [0.4, 0.5) is 0 Å². The number of halogens is 1. The molecule has 0 amide bonds. The monoisotopic (exact) mass is 452 g/mol. The molecular weight excluding hydrogens is 415 g/mol. The van der Waals surface area contributed by atoms with Gasteiger partial charge >= 0.3 is 0 Å². The molecule has 0 aromatic carbocycles. The zero-order valence-corrected chi connectivity index (χ0v) is 18.1. The van der Waals surface area contributed by atoms with E-state index in [4.69, 9.17) is 9.73 Å². The Labute approximate surface area is 165 Å². The Balaban J connectivity index is 0.00000288. The number of aliphatic imine (C=N–C) groups is 1. The first kappa shape index (κ1) is 22.0. The molecule has 142 valence electrons. The van der Waals surface area contributed by atoms with Gasteiger partial charge in [-0.15, -0.1) is 24.0 Å². The lowest BCUT2D eigenvalue weighted by Crippen LogP contribution is -2.41. The number of rotatable bonds is 9. The first-order chi connectivity index (χ1) is 11.2. The fourth-order valence-electron chi connectivity index (χ4n) is 3.11. The van der Waals surface area contributed by atoms with E-state index in [2.05, 4.69) is 36.0 Å². The third kappa shape index (κ3) is 8.34. The molecule has 1 atom stereocenters. The van der Waals surface area contributed by atoms with Crippen LogP contribution >= 0.6 is 24.0 Å². The van der Waals surface area contributed by atoms with Gasteiger partial charge in [0, 0.05) is 39.8 Å². The summed E-state index contributed by atoms with van der Waals surface area (Å²) in [4.78, 5) is 9.63. The van der Waals surface area contributed by atoms with E-state index in [1.807, 2.05) is 0 Å². The number of hydrogen-bond donors (Lipinski definition) is 1. The molecule has 1 aliphatic carbocycles. The van der Waals surface area contributed by atoms with Crippen LogP contribution in [-0.2, 0) is 4.74 Å². The normalized spacial score (nSPS) is 22.1. The van der Waals surface area contributed by atoms with E-state index in [0.717, 1.165) is 44.7 Å². The van der Waals surface area contributed by atoms with E-state index >= 15 is 0 Å². The summed E-state index contributed by atoms with van der Waals surface area (Å²) in [5.74, 6) is 2.57. The molecule has 6 heteroatoms. The van der Waals surface area contributed by atoms with Gasteiger partial charge in [0.25, 0.3) is 0 Å². The van der Waals surface area contributed by atoms with Gasteiger partial charge in [-0.1, -0.05) is 6.92 Å². The number of piperidine rings is 1. The molecule has 1 aliphatic heterocycles. The van der Waals surface area contributed by atoms with Crippen molar-refractivity contribution < 1.29 is 4.74 Å². The van der Waals surface area contributed by atoms with Crippen molar-refractivity contribution in [2.75, 3.05) is 59.5 Å². The minimum Gasteiger partial charge on any atom is -0.379 e. The second kappa shape index (κ2) is 12.3. The molecule has 2 aliphatic rings. The van der Waals surface area contributed by atoms with Crippen LogP contribution in [-0.4, -0.2) is 75.3 Å². The summed E-state index contributed by atoms with van der Waals surface area (Å²) in [6.07, 6.45) is 5.34. The summed E-state index contributed by atoms with van der Waals surface area (Å²) < 4.78 is 5.75. The molecule has 0 bridgehead atoms. The second-order valence-corrected chi connectivity index (χ2v) is 7.04. The second-order valence-electron chi connectivity index (χ2n) is 7.04. The Morgan fingerprint density at radius 1 is 1.25 bits per heavy atom. The van der Waals surface area contributed by atoms with Crippen molar-refractivity contribution in [3.63, 3.8) is 0 Å². The molecule has 1 N–H and O–H groups in total. The minimum absolute atomic E-state index is 0. The van der Waals surface area contributed by atoms with Crippen LogP contribution in [0.25, 0.3) is 0 Å². The van der Waals surface area contributed by atoms with Crippen LogP contribution in [0.3, 0.4) is 0 Å². The maximum atomic E-state index is 5.75. The third-order valence-corrected chi connectivity index (χ3v) is 4.87. The first-order valence-corrected chi connectivity index (χ1v) is 9.52. The van der Waals surface area contributed by atoms with E-state index in [9.17, 15) is 0 Å². The number of guanidine groups is 1. The van der Waals surface area contributed by atoms with Gasteiger partial charge < -0.3 is 19.9 Å².